The summed E-state index contributed by atoms with van der Waals surface area (Å²) >= 11 is 1.61. The fourth-order valence-corrected chi connectivity index (χ4v) is 3.73. The number of amides is 1. The maximum Gasteiger partial charge on any atom is 0.254 e. The second-order valence-corrected chi connectivity index (χ2v) is 7.07. The van der Waals surface area contributed by atoms with Crippen LogP contribution in [0.5, 0.6) is 0 Å². The van der Waals surface area contributed by atoms with E-state index in [0.717, 1.165) is 35.5 Å². The molecule has 2 aromatic rings. The Balaban J connectivity index is 1.67. The van der Waals surface area contributed by atoms with Gasteiger partial charge < -0.3 is 9.64 Å². The van der Waals surface area contributed by atoms with Crippen LogP contribution in [-0.4, -0.2) is 35.0 Å². The van der Waals surface area contributed by atoms with E-state index in [1.54, 1.807) is 16.2 Å². The number of hydrogen-bond donors (Lipinski definition) is 0. The lowest BCUT2D eigenvalue weighted by atomic mass is 9.94. The first kappa shape index (κ1) is 16.1. The highest BCUT2D eigenvalue weighted by molar-refractivity contribution is 7.13. The molecular weight excluding hydrogens is 308 g/mol. The van der Waals surface area contributed by atoms with Crippen LogP contribution in [0.15, 0.2) is 35.7 Å². The summed E-state index contributed by atoms with van der Waals surface area (Å²) in [6, 6.07) is 10.1. The molecule has 23 heavy (non-hydrogen) atoms. The van der Waals surface area contributed by atoms with Crippen LogP contribution < -0.4 is 0 Å². The summed E-state index contributed by atoms with van der Waals surface area (Å²) in [5.74, 6) is 0.0476. The van der Waals surface area contributed by atoms with Crippen LogP contribution in [0, 0.1) is 0 Å². The Morgan fingerprint density at radius 2 is 2.13 bits per heavy atom. The quantitative estimate of drug-likeness (QED) is 0.858. The van der Waals surface area contributed by atoms with Crippen LogP contribution in [0.25, 0.3) is 10.6 Å². The molecule has 1 aromatic heterocycles. The highest BCUT2D eigenvalue weighted by Crippen LogP contribution is 2.28. The Labute approximate surface area is 141 Å². The van der Waals surface area contributed by atoms with Gasteiger partial charge in [-0.15, -0.1) is 11.3 Å². The van der Waals surface area contributed by atoms with E-state index in [9.17, 15) is 4.79 Å². The molecule has 5 heteroatoms. The molecule has 1 atom stereocenters. The van der Waals surface area contributed by atoms with Gasteiger partial charge in [-0.05, 0) is 26.2 Å². The molecule has 1 aromatic carbocycles. The molecule has 1 aliphatic heterocycles. The predicted molar refractivity (Wildman–Crippen MR) is 92.2 cm³/mol. The average Bonchev–Trinajstić information content (AvgIpc) is 3.04. The topological polar surface area (TPSA) is 42.4 Å². The number of aromatic nitrogens is 1. The van der Waals surface area contributed by atoms with Crippen molar-refractivity contribution < 1.29 is 9.53 Å². The van der Waals surface area contributed by atoms with Crippen molar-refractivity contribution in [1.82, 2.24) is 9.88 Å². The van der Waals surface area contributed by atoms with Crippen molar-refractivity contribution in [1.29, 1.82) is 0 Å². The first-order valence-electron chi connectivity index (χ1n) is 7.98. The lowest BCUT2D eigenvalue weighted by molar-refractivity contribution is -0.161. The summed E-state index contributed by atoms with van der Waals surface area (Å²) < 4.78 is 5.75. The number of likely N-dealkylation sites (N-methyl/N-ethyl adjacent to an activating group) is 1. The number of ether oxygens (including phenoxy) is 1. The van der Waals surface area contributed by atoms with Crippen LogP contribution in [0.4, 0.5) is 0 Å². The molecule has 0 saturated carbocycles. The van der Waals surface area contributed by atoms with Crippen LogP contribution in [-0.2, 0) is 16.1 Å². The molecule has 122 valence electrons. The molecule has 1 fully saturated rings. The highest BCUT2D eigenvalue weighted by atomic mass is 32.1. The number of benzene rings is 1. The van der Waals surface area contributed by atoms with Crippen LogP contribution in [0.2, 0.25) is 0 Å². The summed E-state index contributed by atoms with van der Waals surface area (Å²) in [6.07, 6.45) is 2.88. The van der Waals surface area contributed by atoms with E-state index in [-0.39, 0.29) is 5.91 Å². The Hall–Kier alpha value is -1.72. The fraction of sp³-hybridized carbons (Fsp3) is 0.444. The van der Waals surface area contributed by atoms with Gasteiger partial charge >= 0.3 is 0 Å². The van der Waals surface area contributed by atoms with Gasteiger partial charge in [-0.3, -0.25) is 4.79 Å². The van der Waals surface area contributed by atoms with Crippen molar-refractivity contribution >= 4 is 17.2 Å². The second kappa shape index (κ2) is 6.81. The first-order valence-corrected chi connectivity index (χ1v) is 8.86. The van der Waals surface area contributed by atoms with Crippen molar-refractivity contribution in [2.75, 3.05) is 13.7 Å². The van der Waals surface area contributed by atoms with Gasteiger partial charge in [0, 0.05) is 24.6 Å². The van der Waals surface area contributed by atoms with Crippen molar-refractivity contribution in [3.63, 3.8) is 0 Å². The Kier molecular flexibility index (Phi) is 4.78. The van der Waals surface area contributed by atoms with Crippen LogP contribution in [0.1, 0.15) is 31.9 Å². The zero-order chi connectivity index (χ0) is 16.3. The molecule has 0 radical (unpaired) electrons. The molecule has 0 bridgehead atoms. The zero-order valence-corrected chi connectivity index (χ0v) is 14.4. The van der Waals surface area contributed by atoms with Gasteiger partial charge in [-0.25, -0.2) is 4.98 Å². The Bertz CT molecular complexity index is 663. The molecule has 2 heterocycles. The van der Waals surface area contributed by atoms with E-state index in [2.05, 4.69) is 4.98 Å². The number of thiazole rings is 1. The van der Waals surface area contributed by atoms with Gasteiger partial charge in [0.2, 0.25) is 0 Å². The number of rotatable bonds is 4. The van der Waals surface area contributed by atoms with Crippen molar-refractivity contribution in [3.8, 4) is 10.6 Å². The van der Waals surface area contributed by atoms with Crippen molar-refractivity contribution in [2.45, 2.75) is 38.3 Å². The minimum absolute atomic E-state index is 0.0476. The number of nitrogens with zero attached hydrogens (tertiary/aromatic N) is 2. The maximum atomic E-state index is 12.7. The van der Waals surface area contributed by atoms with Gasteiger partial charge in [0.05, 0.1) is 12.2 Å². The summed E-state index contributed by atoms with van der Waals surface area (Å²) in [4.78, 5) is 19.1. The molecule has 1 saturated heterocycles. The highest BCUT2D eigenvalue weighted by Gasteiger charge is 2.38. The Morgan fingerprint density at radius 3 is 2.83 bits per heavy atom. The Morgan fingerprint density at radius 1 is 1.35 bits per heavy atom. The smallest absolute Gasteiger partial charge is 0.254 e. The van der Waals surface area contributed by atoms with Gasteiger partial charge in [-0.2, -0.15) is 0 Å². The molecule has 0 N–H and O–H groups in total. The lowest BCUT2D eigenvalue weighted by Gasteiger charge is -2.35. The summed E-state index contributed by atoms with van der Waals surface area (Å²) in [6.45, 7) is 3.09. The van der Waals surface area contributed by atoms with Crippen molar-refractivity contribution in [3.05, 3.63) is 41.4 Å². The number of carbonyl (C=O) groups excluding carboxylic acids is 1. The molecular formula is C18H22N2O2S. The summed E-state index contributed by atoms with van der Waals surface area (Å²) in [5, 5.41) is 3.01. The standard InChI is InChI=1S/C18H22N2O2S/c1-18(10-6-7-11-22-18)17(21)20(2)12-15-13-23-16(19-15)14-8-4-3-5-9-14/h3-5,8-9,13H,6-7,10-12H2,1-2H3/t18-/m1/s1. The third kappa shape index (κ3) is 3.62. The third-order valence-electron chi connectivity index (χ3n) is 4.24. The van der Waals surface area contributed by atoms with Gasteiger partial charge in [0.25, 0.3) is 5.91 Å². The molecule has 3 rings (SSSR count). The van der Waals surface area contributed by atoms with E-state index in [0.29, 0.717) is 13.2 Å². The second-order valence-electron chi connectivity index (χ2n) is 6.21. The molecule has 0 spiro atoms. The largest absolute Gasteiger partial charge is 0.365 e. The molecule has 1 amide bonds. The molecule has 0 aliphatic carbocycles. The molecule has 0 unspecified atom stereocenters. The molecule has 1 aliphatic rings. The fourth-order valence-electron chi connectivity index (χ4n) is 2.91. The third-order valence-corrected chi connectivity index (χ3v) is 5.18. The summed E-state index contributed by atoms with van der Waals surface area (Å²) in [7, 11) is 1.83. The van der Waals surface area contributed by atoms with Crippen molar-refractivity contribution in [2.24, 2.45) is 0 Å². The average molecular weight is 330 g/mol. The maximum absolute atomic E-state index is 12.7. The van der Waals surface area contributed by atoms with Crippen LogP contribution >= 0.6 is 11.3 Å². The van der Waals surface area contributed by atoms with E-state index in [4.69, 9.17) is 4.74 Å². The van der Waals surface area contributed by atoms with E-state index in [1.165, 1.54) is 0 Å². The van der Waals surface area contributed by atoms with E-state index >= 15 is 0 Å². The van der Waals surface area contributed by atoms with E-state index in [1.807, 2.05) is 49.7 Å². The normalized spacial score (nSPS) is 21.1. The molecule has 4 nitrogen and oxygen atoms in total. The monoisotopic (exact) mass is 330 g/mol. The van der Waals surface area contributed by atoms with Gasteiger partial charge in [0.1, 0.15) is 10.6 Å². The lowest BCUT2D eigenvalue weighted by Crippen LogP contribution is -2.48. The van der Waals surface area contributed by atoms with Gasteiger partial charge in [0.15, 0.2) is 0 Å². The van der Waals surface area contributed by atoms with E-state index < -0.39 is 5.60 Å². The minimum atomic E-state index is -0.675. The summed E-state index contributed by atoms with van der Waals surface area (Å²) in [5.41, 5.74) is 1.36. The first-order chi connectivity index (χ1) is 11.1. The van der Waals surface area contributed by atoms with Gasteiger partial charge in [-0.1, -0.05) is 30.3 Å². The van der Waals surface area contributed by atoms with Crippen LogP contribution in [0.3, 0.4) is 0 Å². The zero-order valence-electron chi connectivity index (χ0n) is 13.6. The number of carbonyl (C=O) groups is 1. The predicted octanol–water partition coefficient (Wildman–Crippen LogP) is 3.73. The SMILES string of the molecule is CN(Cc1csc(-c2ccccc2)n1)C(=O)[C@@]1(C)CCCCO1. The number of hydrogen-bond acceptors (Lipinski definition) is 4. The minimum Gasteiger partial charge on any atom is -0.365 e.